The molecule has 5 unspecified atom stereocenters. The molecule has 1 aromatic carbocycles. The maximum absolute atomic E-state index is 12.8. The minimum atomic E-state index is -1.21. The van der Waals surface area contributed by atoms with Crippen LogP contribution in [0.15, 0.2) is 24.3 Å². The number of carboxylic acids is 1. The number of hydrogen-bond donors (Lipinski definition) is 3. The zero-order valence-corrected chi connectivity index (χ0v) is 12.2. The molecule has 2 heterocycles. The first kappa shape index (κ1) is 15.0. The predicted molar refractivity (Wildman–Crippen MR) is 77.6 cm³/mol. The van der Waals surface area contributed by atoms with Gasteiger partial charge in [0, 0.05) is 17.6 Å². The van der Waals surface area contributed by atoms with Crippen LogP contribution >= 0.6 is 0 Å². The quantitative estimate of drug-likeness (QED) is 0.712. The summed E-state index contributed by atoms with van der Waals surface area (Å²) < 4.78 is 0. The molecule has 6 heteroatoms. The number of phenols is 1. The molecule has 0 amide bonds. The van der Waals surface area contributed by atoms with E-state index in [1.807, 2.05) is 11.9 Å². The van der Waals surface area contributed by atoms with E-state index in [4.69, 9.17) is 0 Å². The third-order valence-electron chi connectivity index (χ3n) is 5.09. The molecule has 118 valence electrons. The number of piperidine rings is 1. The number of carbonyl (C=O) groups is 2. The van der Waals surface area contributed by atoms with Crippen LogP contribution in [0.25, 0.3) is 0 Å². The number of aliphatic carboxylic acids is 1. The van der Waals surface area contributed by atoms with E-state index in [9.17, 15) is 24.9 Å². The summed E-state index contributed by atoms with van der Waals surface area (Å²) in [6.45, 7) is 0. The molecule has 3 rings (SSSR count). The highest BCUT2D eigenvalue weighted by Gasteiger charge is 2.55. The lowest BCUT2D eigenvalue weighted by molar-refractivity contribution is -0.154. The highest BCUT2D eigenvalue weighted by atomic mass is 16.4. The molecule has 2 saturated heterocycles. The zero-order chi connectivity index (χ0) is 16.0. The topological polar surface area (TPSA) is 98.1 Å². The highest BCUT2D eigenvalue weighted by Crippen LogP contribution is 2.43. The van der Waals surface area contributed by atoms with Crippen LogP contribution in [0.4, 0.5) is 0 Å². The number of phenolic OH excluding ortho intramolecular Hbond substituents is 1. The standard InChI is InChI=1S/C16H19NO5/c1-17-10-5-6-11(17)13(16(21)22)15(20)12(10)14(19)8-3-2-4-9(18)7-8/h2-4,7,10-13,15,18,20H,5-6H2,1H3,(H,21,22). The number of ketones is 1. The fourth-order valence-electron chi connectivity index (χ4n) is 4.03. The summed E-state index contributed by atoms with van der Waals surface area (Å²) in [5, 5.41) is 29.5. The van der Waals surface area contributed by atoms with Crippen LogP contribution in [0.2, 0.25) is 0 Å². The predicted octanol–water partition coefficient (Wildman–Crippen LogP) is 0.729. The van der Waals surface area contributed by atoms with Crippen LogP contribution < -0.4 is 0 Å². The Bertz CT molecular complexity index is 616. The molecular formula is C16H19NO5. The fraction of sp³-hybridized carbons (Fsp3) is 0.500. The van der Waals surface area contributed by atoms with E-state index in [-0.39, 0.29) is 23.6 Å². The van der Waals surface area contributed by atoms with Crippen molar-refractivity contribution in [1.82, 2.24) is 4.90 Å². The van der Waals surface area contributed by atoms with E-state index in [0.29, 0.717) is 18.4 Å². The molecule has 5 atom stereocenters. The van der Waals surface area contributed by atoms with Gasteiger partial charge in [0.2, 0.25) is 0 Å². The minimum absolute atomic E-state index is 0.0245. The molecule has 6 nitrogen and oxygen atoms in total. The molecular weight excluding hydrogens is 286 g/mol. The van der Waals surface area contributed by atoms with Crippen molar-refractivity contribution in [3.05, 3.63) is 29.8 Å². The second kappa shape index (κ2) is 5.37. The average Bonchev–Trinajstić information content (AvgIpc) is 2.73. The number of nitrogens with zero attached hydrogens (tertiary/aromatic N) is 1. The number of hydrogen-bond acceptors (Lipinski definition) is 5. The summed E-state index contributed by atoms with van der Waals surface area (Å²) in [5.74, 6) is -3.16. The lowest BCUT2D eigenvalue weighted by Crippen LogP contribution is -2.59. The van der Waals surface area contributed by atoms with Gasteiger partial charge in [0.1, 0.15) is 5.75 Å². The molecule has 2 aliphatic heterocycles. The molecule has 22 heavy (non-hydrogen) atoms. The van der Waals surface area contributed by atoms with E-state index in [2.05, 4.69) is 0 Å². The van der Waals surface area contributed by atoms with Gasteiger partial charge in [-0.3, -0.25) is 14.5 Å². The maximum Gasteiger partial charge on any atom is 0.310 e. The molecule has 0 aromatic heterocycles. The lowest BCUT2D eigenvalue weighted by Gasteiger charge is -2.43. The monoisotopic (exact) mass is 305 g/mol. The van der Waals surface area contributed by atoms with E-state index < -0.39 is 23.9 Å². The number of fused-ring (bicyclic) bond motifs is 2. The van der Waals surface area contributed by atoms with E-state index in [0.717, 1.165) is 0 Å². The number of carboxylic acid groups (broad SMARTS) is 1. The summed E-state index contributed by atoms with van der Waals surface area (Å²) in [6.07, 6.45) is 0.150. The Hall–Kier alpha value is -1.92. The Labute approximate surface area is 128 Å². The highest BCUT2D eigenvalue weighted by molar-refractivity contribution is 5.99. The summed E-state index contributed by atoms with van der Waals surface area (Å²) in [5.41, 5.74) is 0.298. The van der Waals surface area contributed by atoms with Gasteiger partial charge in [-0.25, -0.2) is 0 Å². The largest absolute Gasteiger partial charge is 0.508 e. The van der Waals surface area contributed by atoms with Crippen molar-refractivity contribution >= 4 is 11.8 Å². The van der Waals surface area contributed by atoms with Gasteiger partial charge in [-0.2, -0.15) is 0 Å². The molecule has 3 N–H and O–H groups in total. The van der Waals surface area contributed by atoms with Gasteiger partial charge in [0.05, 0.1) is 17.9 Å². The number of aromatic hydroxyl groups is 1. The fourth-order valence-corrected chi connectivity index (χ4v) is 4.03. The first-order chi connectivity index (χ1) is 10.4. The average molecular weight is 305 g/mol. The number of aliphatic hydroxyl groups excluding tert-OH is 1. The molecule has 2 fully saturated rings. The molecule has 0 aliphatic carbocycles. The Morgan fingerprint density at radius 1 is 1.18 bits per heavy atom. The third-order valence-corrected chi connectivity index (χ3v) is 5.09. The normalized spacial score (nSPS) is 34.5. The number of rotatable bonds is 3. The number of carbonyl (C=O) groups excluding carboxylic acids is 1. The second-order valence-electron chi connectivity index (χ2n) is 6.17. The van der Waals surface area contributed by atoms with Crippen LogP contribution in [0.1, 0.15) is 23.2 Å². The first-order valence-electron chi connectivity index (χ1n) is 7.38. The molecule has 0 spiro atoms. The summed E-state index contributed by atoms with van der Waals surface area (Å²) in [6, 6.07) is 5.56. The summed E-state index contributed by atoms with van der Waals surface area (Å²) in [4.78, 5) is 26.2. The van der Waals surface area contributed by atoms with Crippen LogP contribution in [0.5, 0.6) is 5.75 Å². The van der Waals surface area contributed by atoms with Crippen molar-refractivity contribution in [2.45, 2.75) is 31.0 Å². The van der Waals surface area contributed by atoms with Crippen molar-refractivity contribution in [3.63, 3.8) is 0 Å². The first-order valence-corrected chi connectivity index (χ1v) is 7.38. The van der Waals surface area contributed by atoms with Crippen LogP contribution in [-0.4, -0.2) is 57.2 Å². The van der Waals surface area contributed by atoms with E-state index in [1.165, 1.54) is 12.1 Å². The van der Waals surface area contributed by atoms with Gasteiger partial charge < -0.3 is 15.3 Å². The smallest absolute Gasteiger partial charge is 0.310 e. The zero-order valence-electron chi connectivity index (χ0n) is 12.2. The maximum atomic E-state index is 12.8. The van der Waals surface area contributed by atoms with Crippen LogP contribution in [0.3, 0.4) is 0 Å². The third kappa shape index (κ3) is 2.19. The number of aliphatic hydroxyl groups is 1. The van der Waals surface area contributed by atoms with Crippen molar-refractivity contribution in [2.75, 3.05) is 7.05 Å². The second-order valence-corrected chi connectivity index (χ2v) is 6.17. The van der Waals surface area contributed by atoms with Crippen molar-refractivity contribution in [3.8, 4) is 5.75 Å². The number of benzene rings is 1. The number of Topliss-reactive ketones (excluding diaryl/α,β-unsaturated/α-hetero) is 1. The van der Waals surface area contributed by atoms with Gasteiger partial charge in [0.15, 0.2) is 5.78 Å². The van der Waals surface area contributed by atoms with E-state index >= 15 is 0 Å². The van der Waals surface area contributed by atoms with Gasteiger partial charge in [-0.15, -0.1) is 0 Å². The van der Waals surface area contributed by atoms with Crippen molar-refractivity contribution in [1.29, 1.82) is 0 Å². The lowest BCUT2D eigenvalue weighted by atomic mass is 9.76. The molecule has 0 radical (unpaired) electrons. The van der Waals surface area contributed by atoms with Gasteiger partial charge in [0.25, 0.3) is 0 Å². The Balaban J connectivity index is 1.97. The van der Waals surface area contributed by atoms with Gasteiger partial charge in [-0.1, -0.05) is 12.1 Å². The minimum Gasteiger partial charge on any atom is -0.508 e. The molecule has 2 bridgehead atoms. The molecule has 2 aliphatic rings. The Morgan fingerprint density at radius 2 is 1.82 bits per heavy atom. The van der Waals surface area contributed by atoms with Crippen LogP contribution in [-0.2, 0) is 4.79 Å². The summed E-state index contributed by atoms with van der Waals surface area (Å²) >= 11 is 0. The van der Waals surface area contributed by atoms with E-state index in [1.54, 1.807) is 12.1 Å². The van der Waals surface area contributed by atoms with Gasteiger partial charge >= 0.3 is 5.97 Å². The molecule has 1 aromatic rings. The van der Waals surface area contributed by atoms with Crippen LogP contribution in [0, 0.1) is 11.8 Å². The van der Waals surface area contributed by atoms with Gasteiger partial charge in [-0.05, 0) is 32.0 Å². The van der Waals surface area contributed by atoms with Crippen molar-refractivity contribution < 1.29 is 24.9 Å². The summed E-state index contributed by atoms with van der Waals surface area (Å²) in [7, 11) is 1.81. The SMILES string of the molecule is CN1C2CCC1C(C(=O)c1cccc(O)c1)C(O)C2C(=O)O. The Morgan fingerprint density at radius 3 is 2.41 bits per heavy atom. The van der Waals surface area contributed by atoms with Crippen molar-refractivity contribution in [2.24, 2.45) is 11.8 Å². The Kier molecular flexibility index (Phi) is 3.66. The molecule has 0 saturated carbocycles.